The van der Waals surface area contributed by atoms with Gasteiger partial charge < -0.3 is 15.3 Å². The van der Waals surface area contributed by atoms with Crippen LogP contribution in [0.4, 0.5) is 0 Å². The molecule has 0 aromatic heterocycles. The topological polar surface area (TPSA) is 60.7 Å². The molecule has 6 rings (SSSR count). The van der Waals surface area contributed by atoms with Crippen LogP contribution in [-0.2, 0) is 104 Å². The number of hydrogen-bond donors (Lipinski definition) is 3. The zero-order chi connectivity index (χ0) is 36.5. The second-order valence-electron chi connectivity index (χ2n) is 11.6. The molecule has 6 heteroatoms. The zero-order valence-electron chi connectivity index (χ0n) is 30.4. The maximum Gasteiger partial charge on any atom is 0.115 e. The molecule has 0 aliphatic rings. The summed E-state index contributed by atoms with van der Waals surface area (Å²) in [6.07, 6.45) is 5.46. The third-order valence-electron chi connectivity index (χ3n) is 7.98. The van der Waals surface area contributed by atoms with E-state index in [0.717, 1.165) is 50.1 Å². The van der Waals surface area contributed by atoms with Gasteiger partial charge in [-0.2, -0.15) is 73.9 Å². The van der Waals surface area contributed by atoms with Gasteiger partial charge >= 0.3 is 0 Å². The molecule has 0 fully saturated rings. The summed E-state index contributed by atoms with van der Waals surface area (Å²) in [5.74, 6) is 0.646. The molecule has 0 atom stereocenters. The number of hydrogen-bond acceptors (Lipinski definition) is 3. The van der Waals surface area contributed by atoms with Gasteiger partial charge in [0.25, 0.3) is 0 Å². The van der Waals surface area contributed by atoms with Crippen molar-refractivity contribution in [3.63, 3.8) is 0 Å². The molecule has 0 bridgehead atoms. The van der Waals surface area contributed by atoms with Crippen LogP contribution in [0.15, 0.2) is 165 Å². The van der Waals surface area contributed by atoms with Gasteiger partial charge in [0.05, 0.1) is 0 Å². The Labute approximate surface area is 392 Å². The van der Waals surface area contributed by atoms with Crippen LogP contribution in [0.3, 0.4) is 0 Å². The molecule has 6 aromatic carbocycles. The molecule has 3 N–H and O–H groups in total. The van der Waals surface area contributed by atoms with Crippen LogP contribution in [0.5, 0.6) is 17.2 Å². The monoisotopic (exact) mass is 924 g/mol. The third-order valence-corrected chi connectivity index (χ3v) is 7.98. The SMILES string of the molecule is C=Cc1ccc([CH2-])cc1.C=Cc1ccc([CH2-])cc1.C=Cc1ccc([CH2-])cc1.CC(c1ccc(O)cc1)(c1ccc(O)cc1)c1ccc(O)cc1.[Y].[Y].[Y]. The molecule has 0 unspecified atom stereocenters. The largest absolute Gasteiger partial charge is 0.508 e. The summed E-state index contributed by atoms with van der Waals surface area (Å²) < 4.78 is 0. The maximum absolute atomic E-state index is 9.57. The Hall–Kier alpha value is -3.14. The average Bonchev–Trinajstić information content (AvgIpc) is 3.14. The Morgan fingerprint density at radius 2 is 0.566 bits per heavy atom. The van der Waals surface area contributed by atoms with E-state index in [0.29, 0.717) is 0 Å². The van der Waals surface area contributed by atoms with Crippen molar-refractivity contribution in [2.24, 2.45) is 0 Å². The number of phenolic OH excluding ortho intramolecular Hbond substituents is 3. The molecule has 0 aliphatic carbocycles. The molecule has 6 aromatic rings. The molecule has 0 amide bonds. The molecular formula is C47H45O3Y3-3. The number of benzene rings is 6. The molecular weight excluding hydrogens is 879 g/mol. The van der Waals surface area contributed by atoms with Crippen LogP contribution in [0.2, 0.25) is 0 Å². The van der Waals surface area contributed by atoms with Gasteiger partial charge in [0.1, 0.15) is 17.2 Å². The summed E-state index contributed by atoms with van der Waals surface area (Å²) in [7, 11) is 0. The van der Waals surface area contributed by atoms with Crippen LogP contribution in [-0.4, -0.2) is 15.3 Å². The smallest absolute Gasteiger partial charge is 0.115 e. The van der Waals surface area contributed by atoms with Crippen molar-refractivity contribution in [3.8, 4) is 17.2 Å². The van der Waals surface area contributed by atoms with E-state index in [-0.39, 0.29) is 115 Å². The van der Waals surface area contributed by atoms with Gasteiger partial charge in [-0.15, -0.1) is 36.4 Å². The number of aromatic hydroxyl groups is 3. The Bertz CT molecular complexity index is 1690. The van der Waals surface area contributed by atoms with Crippen molar-refractivity contribution < 1.29 is 113 Å². The van der Waals surface area contributed by atoms with E-state index >= 15 is 0 Å². The standard InChI is InChI=1S/C20H18O3.3C9H9.3Y/c1-20(14-2-8-17(21)9-3-14,15-4-10-18(22)11-5-15)16-6-12-19(23)13-7-16;3*1-3-9-6-4-8(2)5-7-9;;;/h2-13,21-23H,1H3;3*3-7H,1-2H2;;;/q;3*-1;;;. The van der Waals surface area contributed by atoms with Gasteiger partial charge in [0, 0.05) is 104 Å². The molecule has 0 spiro atoms. The predicted molar refractivity (Wildman–Crippen MR) is 213 cm³/mol. The summed E-state index contributed by atoms with van der Waals surface area (Å²) in [5, 5.41) is 28.7. The molecule has 3 radical (unpaired) electrons. The first kappa shape index (κ1) is 49.9. The third kappa shape index (κ3) is 16.4. The van der Waals surface area contributed by atoms with Gasteiger partial charge in [-0.1, -0.05) is 91.1 Å². The molecule has 263 valence electrons. The van der Waals surface area contributed by atoms with Crippen LogP contribution in [0.1, 0.15) is 57.0 Å². The second-order valence-corrected chi connectivity index (χ2v) is 11.6. The van der Waals surface area contributed by atoms with Crippen LogP contribution in [0, 0.1) is 20.8 Å². The van der Waals surface area contributed by atoms with E-state index in [1.165, 1.54) is 0 Å². The maximum atomic E-state index is 9.57. The van der Waals surface area contributed by atoms with Crippen LogP contribution >= 0.6 is 0 Å². The molecule has 0 aliphatic heterocycles. The summed E-state index contributed by atoms with van der Waals surface area (Å²) >= 11 is 0. The van der Waals surface area contributed by atoms with E-state index in [9.17, 15) is 15.3 Å². The van der Waals surface area contributed by atoms with Gasteiger partial charge in [-0.05, 0) is 60.0 Å². The Kier molecular flexibility index (Phi) is 24.3. The Balaban J connectivity index is 0.000000752. The van der Waals surface area contributed by atoms with E-state index in [2.05, 4.69) is 47.4 Å². The van der Waals surface area contributed by atoms with E-state index in [1.54, 1.807) is 36.4 Å². The molecule has 0 heterocycles. The molecule has 0 saturated heterocycles. The average molecular weight is 925 g/mol. The van der Waals surface area contributed by atoms with Crippen molar-refractivity contribution in [2.45, 2.75) is 12.3 Å². The fourth-order valence-corrected chi connectivity index (χ4v) is 4.85. The molecule has 53 heavy (non-hydrogen) atoms. The second kappa shape index (κ2) is 25.8. The van der Waals surface area contributed by atoms with Crippen molar-refractivity contribution in [2.75, 3.05) is 0 Å². The van der Waals surface area contributed by atoms with E-state index in [1.807, 2.05) is 127 Å². The van der Waals surface area contributed by atoms with Gasteiger partial charge in [-0.3, -0.25) is 0 Å². The minimum Gasteiger partial charge on any atom is -0.508 e. The van der Waals surface area contributed by atoms with E-state index < -0.39 is 5.41 Å². The minimum absolute atomic E-state index is 0. The summed E-state index contributed by atoms with van der Waals surface area (Å²) in [5.41, 5.74) is 9.09. The molecule has 0 saturated carbocycles. The first-order chi connectivity index (χ1) is 24.0. The van der Waals surface area contributed by atoms with Crippen LogP contribution in [0.25, 0.3) is 18.2 Å². The Morgan fingerprint density at radius 1 is 0.377 bits per heavy atom. The quantitative estimate of drug-likeness (QED) is 0.115. The van der Waals surface area contributed by atoms with Crippen LogP contribution < -0.4 is 0 Å². The normalized spacial score (nSPS) is 9.45. The first-order valence-corrected chi connectivity index (χ1v) is 16.0. The Morgan fingerprint density at radius 3 is 0.736 bits per heavy atom. The van der Waals surface area contributed by atoms with Crippen molar-refractivity contribution >= 4 is 18.2 Å². The van der Waals surface area contributed by atoms with Gasteiger partial charge in [0.15, 0.2) is 0 Å². The summed E-state index contributed by atoms with van der Waals surface area (Å²) in [6.45, 7) is 24.3. The fourth-order valence-electron chi connectivity index (χ4n) is 4.85. The van der Waals surface area contributed by atoms with E-state index in [4.69, 9.17) is 0 Å². The molecule has 3 nitrogen and oxygen atoms in total. The van der Waals surface area contributed by atoms with Gasteiger partial charge in [0.2, 0.25) is 0 Å². The summed E-state index contributed by atoms with van der Waals surface area (Å²) in [6, 6.07) is 45.1. The predicted octanol–water partition coefficient (Wildman–Crippen LogP) is 11.7. The number of phenols is 3. The van der Waals surface area contributed by atoms with Crippen molar-refractivity contribution in [1.82, 2.24) is 0 Å². The van der Waals surface area contributed by atoms with Crippen molar-refractivity contribution in [3.05, 3.63) is 236 Å². The van der Waals surface area contributed by atoms with Gasteiger partial charge in [-0.25, -0.2) is 0 Å². The van der Waals surface area contributed by atoms with Crippen molar-refractivity contribution in [1.29, 1.82) is 0 Å². The first-order valence-electron chi connectivity index (χ1n) is 16.0. The summed E-state index contributed by atoms with van der Waals surface area (Å²) in [4.78, 5) is 0. The number of rotatable bonds is 6. The minimum atomic E-state index is -0.477. The zero-order valence-corrected chi connectivity index (χ0v) is 38.9. The fraction of sp³-hybridized carbons (Fsp3) is 0.0426.